The smallest absolute Gasteiger partial charge is 0.128 e. The fourth-order valence-corrected chi connectivity index (χ4v) is 1.79. The molecular weight excluding hydrogens is 226 g/mol. The molecular formula is C14H17N3O. The molecule has 94 valence electrons. The molecule has 0 fully saturated rings. The van der Waals surface area contributed by atoms with Crippen LogP contribution in [-0.2, 0) is 7.05 Å². The van der Waals surface area contributed by atoms with Crippen LogP contribution in [0.4, 0.5) is 0 Å². The van der Waals surface area contributed by atoms with E-state index in [1.54, 1.807) is 13.3 Å². The highest BCUT2D eigenvalue weighted by Gasteiger charge is 2.06. The van der Waals surface area contributed by atoms with Crippen LogP contribution in [0.15, 0.2) is 30.5 Å². The second-order valence-corrected chi connectivity index (χ2v) is 4.11. The first kappa shape index (κ1) is 12.2. The highest BCUT2D eigenvalue weighted by Crippen LogP contribution is 2.24. The molecule has 0 saturated carbocycles. The van der Waals surface area contributed by atoms with Gasteiger partial charge in [-0.2, -0.15) is 5.10 Å². The van der Waals surface area contributed by atoms with E-state index in [0.29, 0.717) is 5.70 Å². The number of para-hydroxylation sites is 1. The molecule has 4 nitrogen and oxygen atoms in total. The zero-order valence-corrected chi connectivity index (χ0v) is 10.8. The highest BCUT2D eigenvalue weighted by molar-refractivity contribution is 5.82. The average molecular weight is 243 g/mol. The van der Waals surface area contributed by atoms with Gasteiger partial charge < -0.3 is 10.5 Å². The van der Waals surface area contributed by atoms with Crippen LogP contribution in [-0.4, -0.2) is 16.9 Å². The Morgan fingerprint density at radius 2 is 2.11 bits per heavy atom. The molecule has 0 atom stereocenters. The van der Waals surface area contributed by atoms with Crippen molar-refractivity contribution >= 4 is 11.8 Å². The summed E-state index contributed by atoms with van der Waals surface area (Å²) in [5.74, 6) is 0.771. The first-order valence-electron chi connectivity index (χ1n) is 5.72. The third kappa shape index (κ3) is 2.22. The van der Waals surface area contributed by atoms with Crippen molar-refractivity contribution in [3.63, 3.8) is 0 Å². The van der Waals surface area contributed by atoms with Crippen LogP contribution < -0.4 is 10.5 Å². The number of ether oxygens (including phenoxy) is 1. The minimum Gasteiger partial charge on any atom is -0.496 e. The molecule has 0 amide bonds. The fourth-order valence-electron chi connectivity index (χ4n) is 1.79. The number of hydrogen-bond acceptors (Lipinski definition) is 3. The van der Waals surface area contributed by atoms with Crippen LogP contribution in [0.3, 0.4) is 0 Å². The van der Waals surface area contributed by atoms with Gasteiger partial charge in [0.2, 0.25) is 0 Å². The number of rotatable bonds is 3. The van der Waals surface area contributed by atoms with Gasteiger partial charge in [0, 0.05) is 29.6 Å². The van der Waals surface area contributed by atoms with E-state index in [4.69, 9.17) is 10.5 Å². The molecule has 18 heavy (non-hydrogen) atoms. The maximum absolute atomic E-state index is 6.13. The van der Waals surface area contributed by atoms with Gasteiger partial charge >= 0.3 is 0 Å². The van der Waals surface area contributed by atoms with Gasteiger partial charge in [-0.1, -0.05) is 12.1 Å². The van der Waals surface area contributed by atoms with Gasteiger partial charge in [0.05, 0.1) is 13.3 Å². The fraction of sp³-hybridized carbons (Fsp3) is 0.214. The Hall–Kier alpha value is -2.23. The molecule has 2 aromatic rings. The van der Waals surface area contributed by atoms with Crippen molar-refractivity contribution < 1.29 is 4.74 Å². The van der Waals surface area contributed by atoms with Crippen LogP contribution in [0, 0.1) is 6.92 Å². The third-order valence-corrected chi connectivity index (χ3v) is 3.00. The van der Waals surface area contributed by atoms with Gasteiger partial charge in [0.15, 0.2) is 0 Å². The zero-order valence-electron chi connectivity index (χ0n) is 10.8. The molecule has 0 aliphatic rings. The Morgan fingerprint density at radius 3 is 2.72 bits per heavy atom. The first-order valence-corrected chi connectivity index (χ1v) is 5.72. The summed E-state index contributed by atoms with van der Waals surface area (Å²) in [6.45, 7) is 2.01. The summed E-state index contributed by atoms with van der Waals surface area (Å²) in [5, 5.41) is 4.19. The molecule has 0 saturated heterocycles. The lowest BCUT2D eigenvalue weighted by Crippen LogP contribution is -1.99. The lowest BCUT2D eigenvalue weighted by atomic mass is 10.1. The van der Waals surface area contributed by atoms with Gasteiger partial charge in [-0.05, 0) is 25.1 Å². The molecule has 4 heteroatoms. The zero-order chi connectivity index (χ0) is 13.1. The molecule has 2 rings (SSSR count). The van der Waals surface area contributed by atoms with Crippen molar-refractivity contribution in [2.24, 2.45) is 12.8 Å². The maximum Gasteiger partial charge on any atom is 0.128 e. The van der Waals surface area contributed by atoms with Gasteiger partial charge in [-0.25, -0.2) is 0 Å². The van der Waals surface area contributed by atoms with E-state index < -0.39 is 0 Å². The number of methoxy groups -OCH3 is 1. The van der Waals surface area contributed by atoms with Crippen LogP contribution >= 0.6 is 0 Å². The number of aryl methyl sites for hydroxylation is 1. The van der Waals surface area contributed by atoms with Crippen molar-refractivity contribution in [2.45, 2.75) is 6.92 Å². The molecule has 0 radical (unpaired) electrons. The summed E-state index contributed by atoms with van der Waals surface area (Å²) in [7, 11) is 3.55. The van der Waals surface area contributed by atoms with E-state index in [9.17, 15) is 0 Å². The normalized spacial score (nSPS) is 11.6. The van der Waals surface area contributed by atoms with Crippen LogP contribution in [0.25, 0.3) is 11.8 Å². The van der Waals surface area contributed by atoms with Crippen LogP contribution in [0.1, 0.15) is 16.8 Å². The first-order chi connectivity index (χ1) is 8.63. The second-order valence-electron chi connectivity index (χ2n) is 4.11. The minimum absolute atomic E-state index is 0.670. The van der Waals surface area contributed by atoms with E-state index in [1.807, 2.05) is 49.0 Å². The monoisotopic (exact) mass is 243 g/mol. The van der Waals surface area contributed by atoms with Crippen molar-refractivity contribution in [3.05, 3.63) is 47.3 Å². The Labute approximate surface area is 107 Å². The number of benzene rings is 1. The Balaban J connectivity index is 2.42. The summed E-state index contributed by atoms with van der Waals surface area (Å²) < 4.78 is 7.12. The topological polar surface area (TPSA) is 53.1 Å². The SMILES string of the molecule is COc1ccccc1C(N)=Cc1cnn(C)c1C. The molecule has 0 aliphatic carbocycles. The molecule has 1 aromatic heterocycles. The van der Waals surface area contributed by atoms with Gasteiger partial charge in [-0.15, -0.1) is 0 Å². The minimum atomic E-state index is 0.670. The van der Waals surface area contributed by atoms with Crippen molar-refractivity contribution in [1.29, 1.82) is 0 Å². The van der Waals surface area contributed by atoms with E-state index in [1.165, 1.54) is 0 Å². The van der Waals surface area contributed by atoms with E-state index >= 15 is 0 Å². The molecule has 2 N–H and O–H groups in total. The number of hydrogen-bond donors (Lipinski definition) is 1. The average Bonchev–Trinajstić information content (AvgIpc) is 2.70. The lowest BCUT2D eigenvalue weighted by Gasteiger charge is -2.08. The van der Waals surface area contributed by atoms with E-state index in [2.05, 4.69) is 5.10 Å². The number of aromatic nitrogens is 2. The molecule has 0 aliphatic heterocycles. The second kappa shape index (κ2) is 4.96. The maximum atomic E-state index is 6.13. The van der Waals surface area contributed by atoms with E-state index in [-0.39, 0.29) is 0 Å². The Bertz CT molecular complexity index is 584. The molecule has 1 aromatic carbocycles. The van der Waals surface area contributed by atoms with Crippen molar-refractivity contribution in [3.8, 4) is 5.75 Å². The molecule has 0 bridgehead atoms. The number of nitrogens with zero attached hydrogens (tertiary/aromatic N) is 2. The summed E-state index contributed by atoms with van der Waals surface area (Å²) in [4.78, 5) is 0. The number of nitrogens with two attached hydrogens (primary N) is 1. The molecule has 0 spiro atoms. The lowest BCUT2D eigenvalue weighted by molar-refractivity contribution is 0.413. The third-order valence-electron chi connectivity index (χ3n) is 3.00. The summed E-state index contributed by atoms with van der Waals surface area (Å²) in [6.07, 6.45) is 3.72. The van der Waals surface area contributed by atoms with Gasteiger partial charge in [0.1, 0.15) is 5.75 Å². The Kier molecular flexibility index (Phi) is 3.37. The van der Waals surface area contributed by atoms with Gasteiger partial charge in [0.25, 0.3) is 0 Å². The summed E-state index contributed by atoms with van der Waals surface area (Å²) >= 11 is 0. The quantitative estimate of drug-likeness (QED) is 0.899. The van der Waals surface area contributed by atoms with E-state index in [0.717, 1.165) is 22.6 Å². The van der Waals surface area contributed by atoms with Crippen LogP contribution in [0.2, 0.25) is 0 Å². The standard InChI is InChI=1S/C14H17N3O/c1-10-11(9-16-17(10)2)8-13(15)12-6-4-5-7-14(12)18-3/h4-9H,15H2,1-3H3. The predicted octanol–water partition coefficient (Wildman–Crippen LogP) is 2.19. The molecule has 0 unspecified atom stereocenters. The predicted molar refractivity (Wildman–Crippen MR) is 73.0 cm³/mol. The molecule has 1 heterocycles. The van der Waals surface area contributed by atoms with Crippen molar-refractivity contribution in [1.82, 2.24) is 9.78 Å². The summed E-state index contributed by atoms with van der Waals surface area (Å²) in [6, 6.07) is 7.70. The van der Waals surface area contributed by atoms with Gasteiger partial charge in [-0.3, -0.25) is 4.68 Å². The largest absolute Gasteiger partial charge is 0.496 e. The van der Waals surface area contributed by atoms with Crippen LogP contribution in [0.5, 0.6) is 5.75 Å². The van der Waals surface area contributed by atoms with Crippen molar-refractivity contribution in [2.75, 3.05) is 7.11 Å². The Morgan fingerprint density at radius 1 is 1.39 bits per heavy atom. The highest BCUT2D eigenvalue weighted by atomic mass is 16.5. The summed E-state index contributed by atoms with van der Waals surface area (Å²) in [5.41, 5.74) is 9.78.